The normalized spacial score (nSPS) is 21.8. The summed E-state index contributed by atoms with van der Waals surface area (Å²) in [5, 5.41) is 3.44. The summed E-state index contributed by atoms with van der Waals surface area (Å²) >= 11 is 0. The van der Waals surface area contributed by atoms with Crippen LogP contribution in [0.4, 0.5) is 0 Å². The molecule has 162 valence electrons. The van der Waals surface area contributed by atoms with E-state index in [2.05, 4.69) is 15.2 Å². The van der Waals surface area contributed by atoms with E-state index in [1.165, 1.54) is 0 Å². The zero-order chi connectivity index (χ0) is 20.5. The average molecular weight is 406 g/mol. The second kappa shape index (κ2) is 11.3. The van der Waals surface area contributed by atoms with Crippen LogP contribution in [0.15, 0.2) is 29.3 Å². The third kappa shape index (κ3) is 6.78. The third-order valence-corrected chi connectivity index (χ3v) is 5.42. The molecule has 2 fully saturated rings. The Bertz CT molecular complexity index is 641. The zero-order valence-electron chi connectivity index (χ0n) is 17.9. The lowest BCUT2D eigenvalue weighted by molar-refractivity contribution is -0.0367. The van der Waals surface area contributed by atoms with Gasteiger partial charge in [-0.15, -0.1) is 0 Å². The van der Waals surface area contributed by atoms with Crippen molar-refractivity contribution < 1.29 is 18.9 Å². The molecule has 2 saturated heterocycles. The Balaban J connectivity index is 1.37. The van der Waals surface area contributed by atoms with Crippen molar-refractivity contribution in [1.82, 2.24) is 10.2 Å². The molecule has 0 aromatic heterocycles. The molecule has 0 radical (unpaired) electrons. The van der Waals surface area contributed by atoms with Crippen LogP contribution in [0, 0.1) is 0 Å². The van der Waals surface area contributed by atoms with Gasteiger partial charge in [-0.25, -0.2) is 0 Å². The molecule has 0 amide bonds. The summed E-state index contributed by atoms with van der Waals surface area (Å²) in [5.41, 5.74) is 0. The molecule has 1 aromatic rings. The van der Waals surface area contributed by atoms with E-state index >= 15 is 0 Å². The number of piperidine rings is 1. The van der Waals surface area contributed by atoms with Gasteiger partial charge in [0.25, 0.3) is 0 Å². The quantitative estimate of drug-likeness (QED) is 0.530. The van der Waals surface area contributed by atoms with Crippen LogP contribution in [0.5, 0.6) is 11.5 Å². The van der Waals surface area contributed by atoms with Crippen molar-refractivity contribution in [3.8, 4) is 11.5 Å². The minimum absolute atomic E-state index is 0.00569. The van der Waals surface area contributed by atoms with Crippen molar-refractivity contribution >= 4 is 5.96 Å². The first-order valence-corrected chi connectivity index (χ1v) is 10.7. The first kappa shape index (κ1) is 21.7. The Morgan fingerprint density at radius 3 is 2.76 bits per heavy atom. The van der Waals surface area contributed by atoms with E-state index in [1.54, 1.807) is 7.11 Å². The smallest absolute Gasteiger partial charge is 0.193 e. The van der Waals surface area contributed by atoms with Gasteiger partial charge >= 0.3 is 0 Å². The minimum atomic E-state index is 0.00569. The number of benzene rings is 1. The van der Waals surface area contributed by atoms with Gasteiger partial charge in [0.1, 0.15) is 17.6 Å². The largest absolute Gasteiger partial charge is 0.497 e. The van der Waals surface area contributed by atoms with E-state index in [9.17, 15) is 0 Å². The monoisotopic (exact) mass is 405 g/mol. The van der Waals surface area contributed by atoms with Crippen molar-refractivity contribution in [3.05, 3.63) is 24.3 Å². The maximum atomic E-state index is 6.07. The minimum Gasteiger partial charge on any atom is -0.497 e. The van der Waals surface area contributed by atoms with Crippen LogP contribution in [0.3, 0.4) is 0 Å². The van der Waals surface area contributed by atoms with Gasteiger partial charge in [0, 0.05) is 32.8 Å². The van der Waals surface area contributed by atoms with Crippen LogP contribution in [-0.2, 0) is 9.47 Å². The highest BCUT2D eigenvalue weighted by molar-refractivity contribution is 5.80. The van der Waals surface area contributed by atoms with E-state index in [0.717, 1.165) is 69.4 Å². The Labute approximate surface area is 174 Å². The lowest BCUT2D eigenvalue weighted by Gasteiger charge is -2.34. The van der Waals surface area contributed by atoms with Crippen molar-refractivity contribution in [3.63, 3.8) is 0 Å². The molecule has 0 spiro atoms. The fourth-order valence-electron chi connectivity index (χ4n) is 3.77. The van der Waals surface area contributed by atoms with Crippen molar-refractivity contribution in [1.29, 1.82) is 0 Å². The molecular weight excluding hydrogens is 370 g/mol. The van der Waals surface area contributed by atoms with Gasteiger partial charge in [0.05, 0.1) is 32.5 Å². The first-order chi connectivity index (χ1) is 14.2. The fraction of sp³-hybridized carbons (Fsp3) is 0.682. The predicted molar refractivity (Wildman–Crippen MR) is 114 cm³/mol. The number of methoxy groups -OCH3 is 1. The molecule has 0 bridgehead atoms. The third-order valence-electron chi connectivity index (χ3n) is 5.42. The molecule has 2 aliphatic heterocycles. The maximum Gasteiger partial charge on any atom is 0.193 e. The fourth-order valence-corrected chi connectivity index (χ4v) is 3.77. The predicted octanol–water partition coefficient (Wildman–Crippen LogP) is 2.70. The van der Waals surface area contributed by atoms with E-state index < -0.39 is 0 Å². The van der Waals surface area contributed by atoms with Crippen molar-refractivity contribution in [2.45, 2.75) is 50.9 Å². The zero-order valence-corrected chi connectivity index (χ0v) is 17.9. The lowest BCUT2D eigenvalue weighted by Crippen LogP contribution is -2.49. The van der Waals surface area contributed by atoms with Crippen molar-refractivity contribution in [2.24, 2.45) is 4.99 Å². The van der Waals surface area contributed by atoms with Gasteiger partial charge < -0.3 is 29.2 Å². The number of hydrogen-bond donors (Lipinski definition) is 1. The highest BCUT2D eigenvalue weighted by atomic mass is 16.5. The van der Waals surface area contributed by atoms with Crippen LogP contribution < -0.4 is 14.8 Å². The number of aliphatic imine (C=N–C) groups is 1. The van der Waals surface area contributed by atoms with Crippen LogP contribution in [0.25, 0.3) is 0 Å². The number of nitrogens with zero attached hydrogens (tertiary/aromatic N) is 2. The van der Waals surface area contributed by atoms with E-state index in [4.69, 9.17) is 18.9 Å². The Hall–Kier alpha value is -1.99. The molecule has 29 heavy (non-hydrogen) atoms. The number of rotatable bonds is 8. The maximum absolute atomic E-state index is 6.07. The number of hydrogen-bond acceptors (Lipinski definition) is 5. The van der Waals surface area contributed by atoms with Crippen molar-refractivity contribution in [2.75, 3.05) is 47.0 Å². The summed E-state index contributed by atoms with van der Waals surface area (Å²) in [6.07, 6.45) is 4.95. The molecule has 2 aliphatic rings. The average Bonchev–Trinajstić information content (AvgIpc) is 3.27. The molecule has 3 rings (SSSR count). The molecule has 1 aromatic carbocycles. The Kier molecular flexibility index (Phi) is 8.43. The summed E-state index contributed by atoms with van der Waals surface area (Å²) in [7, 11) is 3.49. The summed E-state index contributed by atoms with van der Waals surface area (Å²) < 4.78 is 23.0. The van der Waals surface area contributed by atoms with Crippen LogP contribution >= 0.6 is 0 Å². The molecule has 2 heterocycles. The second-order valence-electron chi connectivity index (χ2n) is 7.69. The second-order valence-corrected chi connectivity index (χ2v) is 7.69. The molecule has 0 aliphatic carbocycles. The van der Waals surface area contributed by atoms with E-state index in [0.29, 0.717) is 18.8 Å². The first-order valence-electron chi connectivity index (χ1n) is 10.7. The molecule has 1 N–H and O–H groups in total. The molecule has 7 nitrogen and oxygen atoms in total. The van der Waals surface area contributed by atoms with Gasteiger partial charge in [0.2, 0.25) is 0 Å². The SMILES string of the molecule is CN=C(NCC(C)Oc1cccc(OC)c1)N1CCC(OCC2CCCO2)CC1. The Morgan fingerprint density at radius 1 is 1.28 bits per heavy atom. The summed E-state index contributed by atoms with van der Waals surface area (Å²) in [5.74, 6) is 2.52. The molecule has 0 saturated carbocycles. The van der Waals surface area contributed by atoms with Crippen LogP contribution in [0.1, 0.15) is 32.6 Å². The van der Waals surface area contributed by atoms with Crippen LogP contribution in [0.2, 0.25) is 0 Å². The number of likely N-dealkylation sites (tertiary alicyclic amines) is 1. The van der Waals surface area contributed by atoms with Gasteiger partial charge in [-0.3, -0.25) is 4.99 Å². The molecular formula is C22H35N3O4. The standard InChI is InChI=1S/C22H35N3O4/c1-17(29-20-7-4-6-19(14-20)26-3)15-24-22(23-2)25-11-9-18(10-12-25)28-16-21-8-5-13-27-21/h4,6-7,14,17-18,21H,5,8-13,15-16H2,1-3H3,(H,23,24). The van der Waals surface area contributed by atoms with Gasteiger partial charge in [-0.05, 0) is 44.7 Å². The van der Waals surface area contributed by atoms with Gasteiger partial charge in [-0.2, -0.15) is 0 Å². The van der Waals surface area contributed by atoms with Gasteiger partial charge in [-0.1, -0.05) is 6.07 Å². The summed E-state index contributed by atoms with van der Waals surface area (Å²) in [4.78, 5) is 6.74. The number of nitrogens with one attached hydrogen (secondary N) is 1. The van der Waals surface area contributed by atoms with Crippen LogP contribution in [-0.4, -0.2) is 76.2 Å². The Morgan fingerprint density at radius 2 is 2.07 bits per heavy atom. The number of ether oxygens (including phenoxy) is 4. The molecule has 2 atom stereocenters. The highest BCUT2D eigenvalue weighted by Gasteiger charge is 2.24. The summed E-state index contributed by atoms with van der Waals surface area (Å²) in [6, 6.07) is 7.67. The molecule has 2 unspecified atom stereocenters. The molecule has 7 heteroatoms. The topological polar surface area (TPSA) is 64.6 Å². The van der Waals surface area contributed by atoms with E-state index in [-0.39, 0.29) is 6.10 Å². The van der Waals surface area contributed by atoms with E-state index in [1.807, 2.05) is 38.2 Å². The number of guanidine groups is 1. The highest BCUT2D eigenvalue weighted by Crippen LogP contribution is 2.20. The van der Waals surface area contributed by atoms with Gasteiger partial charge in [0.15, 0.2) is 5.96 Å². The lowest BCUT2D eigenvalue weighted by atomic mass is 10.1. The summed E-state index contributed by atoms with van der Waals surface area (Å²) in [6.45, 7) is 6.23.